The number of furan rings is 1. The minimum atomic E-state index is -0.471. The van der Waals surface area contributed by atoms with Crippen molar-refractivity contribution in [1.29, 1.82) is 0 Å². The fourth-order valence-electron chi connectivity index (χ4n) is 3.55. The molecule has 0 aliphatic rings. The van der Waals surface area contributed by atoms with E-state index >= 15 is 0 Å². The zero-order valence-electron chi connectivity index (χ0n) is 19.6. The van der Waals surface area contributed by atoms with Crippen LogP contribution < -0.4 is 10.2 Å². The van der Waals surface area contributed by atoms with Gasteiger partial charge in [-0.15, -0.1) is 0 Å². The summed E-state index contributed by atoms with van der Waals surface area (Å²) in [5, 5.41) is 2.83. The van der Waals surface area contributed by atoms with Gasteiger partial charge in [-0.05, 0) is 66.9 Å². The first-order valence-corrected chi connectivity index (χ1v) is 10.9. The highest BCUT2D eigenvalue weighted by Gasteiger charge is 2.27. The minimum Gasteiger partial charge on any atom is -0.459 e. The highest BCUT2D eigenvalue weighted by Crippen LogP contribution is 2.27. The van der Waals surface area contributed by atoms with Gasteiger partial charge in [-0.2, -0.15) is 0 Å². The van der Waals surface area contributed by atoms with E-state index in [-0.39, 0.29) is 29.2 Å². The molecule has 1 atom stereocenters. The van der Waals surface area contributed by atoms with Crippen LogP contribution in [0.25, 0.3) is 0 Å². The van der Waals surface area contributed by atoms with Crippen molar-refractivity contribution >= 4 is 23.2 Å². The lowest BCUT2D eigenvalue weighted by molar-refractivity contribution is 0.0595. The molecule has 0 fully saturated rings. The van der Waals surface area contributed by atoms with Crippen molar-refractivity contribution < 1.29 is 18.4 Å². The van der Waals surface area contributed by atoms with Gasteiger partial charge in [0.05, 0.1) is 6.26 Å². The number of halogens is 1. The molecule has 2 amide bonds. The number of nitrogens with zero attached hydrogens (tertiary/aromatic N) is 2. The van der Waals surface area contributed by atoms with Crippen LogP contribution in [0.2, 0.25) is 0 Å². The average molecular weight is 452 g/mol. The maximum Gasteiger partial charge on any atom is 0.290 e. The van der Waals surface area contributed by atoms with Crippen LogP contribution in [0.15, 0.2) is 65.3 Å². The fourth-order valence-corrected chi connectivity index (χ4v) is 3.55. The Kier molecular flexibility index (Phi) is 7.53. The fraction of sp³-hybridized carbons (Fsp3) is 0.308. The molecule has 0 bridgehead atoms. The van der Waals surface area contributed by atoms with Gasteiger partial charge < -0.3 is 19.5 Å². The Balaban J connectivity index is 1.93. The van der Waals surface area contributed by atoms with Crippen molar-refractivity contribution in [1.82, 2.24) is 4.90 Å². The number of anilines is 2. The molecule has 0 aliphatic heterocycles. The molecule has 1 N–H and O–H groups in total. The number of carbonyl (C=O) groups is 2. The number of benzene rings is 2. The number of rotatable bonds is 8. The Morgan fingerprint density at radius 1 is 1.03 bits per heavy atom. The summed E-state index contributed by atoms with van der Waals surface area (Å²) in [4.78, 5) is 29.6. The normalized spacial score (nSPS) is 11.8. The molecule has 174 valence electrons. The van der Waals surface area contributed by atoms with E-state index in [0.717, 1.165) is 11.3 Å². The predicted octanol–water partition coefficient (Wildman–Crippen LogP) is 5.42. The van der Waals surface area contributed by atoms with Crippen molar-refractivity contribution in [3.63, 3.8) is 0 Å². The van der Waals surface area contributed by atoms with Crippen LogP contribution in [0.3, 0.4) is 0 Å². The second kappa shape index (κ2) is 10.3. The van der Waals surface area contributed by atoms with Gasteiger partial charge in [0.1, 0.15) is 5.82 Å². The van der Waals surface area contributed by atoms with Gasteiger partial charge in [-0.3, -0.25) is 9.59 Å². The van der Waals surface area contributed by atoms with Gasteiger partial charge in [0.15, 0.2) is 5.76 Å². The van der Waals surface area contributed by atoms with E-state index in [4.69, 9.17) is 4.42 Å². The van der Waals surface area contributed by atoms with E-state index in [9.17, 15) is 14.0 Å². The molecule has 2 aromatic carbocycles. The summed E-state index contributed by atoms with van der Waals surface area (Å²) in [6.45, 7) is 6.47. The maximum atomic E-state index is 13.5. The molecule has 33 heavy (non-hydrogen) atoms. The standard InChI is InChI=1S/C26H30FN3O3/c1-17(2)18(3)30(26(32)24-10-7-13-33-24)16-20-15-22(11-12-23(20)29(4)5)28-25(31)19-8-6-9-21(27)14-19/h6-15,17-18H,16H2,1-5H3,(H,28,31)/t18-/m0/s1. The lowest BCUT2D eigenvalue weighted by Gasteiger charge is -2.32. The molecule has 3 rings (SSSR count). The Bertz CT molecular complexity index is 1110. The molecular formula is C26H30FN3O3. The van der Waals surface area contributed by atoms with E-state index in [1.54, 1.807) is 29.2 Å². The third kappa shape index (κ3) is 5.80. The molecular weight excluding hydrogens is 421 g/mol. The van der Waals surface area contributed by atoms with Crippen LogP contribution in [-0.4, -0.2) is 36.9 Å². The van der Waals surface area contributed by atoms with E-state index < -0.39 is 11.7 Å². The monoisotopic (exact) mass is 451 g/mol. The second-order valence-electron chi connectivity index (χ2n) is 8.60. The van der Waals surface area contributed by atoms with E-state index in [1.165, 1.54) is 24.5 Å². The molecule has 1 aromatic heterocycles. The zero-order valence-corrected chi connectivity index (χ0v) is 19.6. The highest BCUT2D eigenvalue weighted by atomic mass is 19.1. The quantitative estimate of drug-likeness (QED) is 0.496. The van der Waals surface area contributed by atoms with E-state index in [2.05, 4.69) is 19.2 Å². The van der Waals surface area contributed by atoms with Gasteiger partial charge in [-0.1, -0.05) is 19.9 Å². The molecule has 6 nitrogen and oxygen atoms in total. The Morgan fingerprint density at radius 3 is 2.39 bits per heavy atom. The summed E-state index contributed by atoms with van der Waals surface area (Å²) >= 11 is 0. The van der Waals surface area contributed by atoms with E-state index in [1.807, 2.05) is 38.1 Å². The summed E-state index contributed by atoms with van der Waals surface area (Å²) < 4.78 is 18.9. The Labute approximate surface area is 194 Å². The number of carbonyl (C=O) groups excluding carboxylic acids is 2. The summed E-state index contributed by atoms with van der Waals surface area (Å²) in [6.07, 6.45) is 1.49. The number of hydrogen-bond donors (Lipinski definition) is 1. The first kappa shape index (κ1) is 24.0. The number of hydrogen-bond acceptors (Lipinski definition) is 4. The van der Waals surface area contributed by atoms with E-state index in [0.29, 0.717) is 12.2 Å². The van der Waals surface area contributed by atoms with Crippen LogP contribution in [0.1, 0.15) is 47.2 Å². The van der Waals surface area contributed by atoms with Gasteiger partial charge in [0, 0.05) is 43.6 Å². The molecule has 0 radical (unpaired) electrons. The van der Waals surface area contributed by atoms with Gasteiger partial charge in [-0.25, -0.2) is 4.39 Å². The predicted molar refractivity (Wildman–Crippen MR) is 128 cm³/mol. The van der Waals surface area contributed by atoms with Crippen molar-refractivity contribution in [3.8, 4) is 0 Å². The number of amides is 2. The van der Waals surface area contributed by atoms with Crippen LogP contribution in [0, 0.1) is 11.7 Å². The van der Waals surface area contributed by atoms with Gasteiger partial charge in [0.2, 0.25) is 0 Å². The Morgan fingerprint density at radius 2 is 1.79 bits per heavy atom. The SMILES string of the molecule is CC(C)[C@H](C)N(Cc1cc(NC(=O)c2cccc(F)c2)ccc1N(C)C)C(=O)c1ccco1. The molecule has 0 aliphatic carbocycles. The molecule has 3 aromatic rings. The van der Waals surface area contributed by atoms with Crippen LogP contribution in [0.4, 0.5) is 15.8 Å². The molecule has 0 unspecified atom stereocenters. The second-order valence-corrected chi connectivity index (χ2v) is 8.60. The van der Waals surface area contributed by atoms with Crippen molar-refractivity contribution in [2.45, 2.75) is 33.4 Å². The highest BCUT2D eigenvalue weighted by molar-refractivity contribution is 6.04. The van der Waals surface area contributed by atoms with Gasteiger partial charge in [0.25, 0.3) is 11.8 Å². The van der Waals surface area contributed by atoms with Crippen LogP contribution >= 0.6 is 0 Å². The van der Waals surface area contributed by atoms with Crippen molar-refractivity contribution in [3.05, 3.63) is 83.6 Å². The lowest BCUT2D eigenvalue weighted by Crippen LogP contribution is -2.41. The third-order valence-electron chi connectivity index (χ3n) is 5.70. The topological polar surface area (TPSA) is 65.8 Å². The molecule has 0 saturated carbocycles. The first-order valence-electron chi connectivity index (χ1n) is 10.9. The van der Waals surface area contributed by atoms with Crippen molar-refractivity contribution in [2.24, 2.45) is 5.92 Å². The molecule has 0 spiro atoms. The molecule has 1 heterocycles. The number of nitrogens with one attached hydrogen (secondary N) is 1. The molecule has 7 heteroatoms. The first-order chi connectivity index (χ1) is 15.7. The summed E-state index contributed by atoms with van der Waals surface area (Å²) in [6, 6.07) is 14.4. The average Bonchev–Trinajstić information content (AvgIpc) is 3.31. The van der Waals surface area contributed by atoms with Gasteiger partial charge >= 0.3 is 0 Å². The van der Waals surface area contributed by atoms with Crippen LogP contribution in [-0.2, 0) is 6.54 Å². The third-order valence-corrected chi connectivity index (χ3v) is 5.70. The van der Waals surface area contributed by atoms with Crippen molar-refractivity contribution in [2.75, 3.05) is 24.3 Å². The zero-order chi connectivity index (χ0) is 24.1. The minimum absolute atomic E-state index is 0.0526. The lowest BCUT2D eigenvalue weighted by atomic mass is 10.0. The smallest absolute Gasteiger partial charge is 0.290 e. The summed E-state index contributed by atoms with van der Waals surface area (Å²) in [5.74, 6) is -0.565. The van der Waals surface area contributed by atoms with Crippen LogP contribution in [0.5, 0.6) is 0 Å². The molecule has 0 saturated heterocycles. The Hall–Kier alpha value is -3.61. The summed E-state index contributed by atoms with van der Waals surface area (Å²) in [5.41, 5.74) is 2.58. The summed E-state index contributed by atoms with van der Waals surface area (Å²) in [7, 11) is 3.85. The maximum absolute atomic E-state index is 13.5. The largest absolute Gasteiger partial charge is 0.459 e.